The van der Waals surface area contributed by atoms with Crippen molar-refractivity contribution in [1.29, 1.82) is 0 Å². The lowest BCUT2D eigenvalue weighted by Crippen LogP contribution is -2.47. The lowest BCUT2D eigenvalue weighted by atomic mass is 10.2. The summed E-state index contributed by atoms with van der Waals surface area (Å²) in [5.74, 6) is 0.272. The smallest absolute Gasteiger partial charge is 0.255 e. The third-order valence-corrected chi connectivity index (χ3v) is 6.33. The molecule has 1 aromatic heterocycles. The largest absolute Gasteiger partial charge is 0.467 e. The van der Waals surface area contributed by atoms with Crippen LogP contribution in [0.1, 0.15) is 21.7 Å². The molecule has 35 heavy (non-hydrogen) atoms. The van der Waals surface area contributed by atoms with Crippen molar-refractivity contribution < 1.29 is 18.7 Å². The van der Waals surface area contributed by atoms with Crippen molar-refractivity contribution in [2.45, 2.75) is 13.1 Å². The van der Waals surface area contributed by atoms with Crippen LogP contribution in [0.2, 0.25) is 5.02 Å². The first-order valence-corrected chi connectivity index (χ1v) is 12.2. The first kappa shape index (κ1) is 25.0. The van der Waals surface area contributed by atoms with Gasteiger partial charge in [0.15, 0.2) is 0 Å². The van der Waals surface area contributed by atoms with E-state index in [1.807, 2.05) is 36.4 Å². The first-order valence-electron chi connectivity index (χ1n) is 11.8. The predicted octanol–water partition coefficient (Wildman–Crippen LogP) is 3.94. The molecule has 2 heterocycles. The Balaban J connectivity index is 1.52. The summed E-state index contributed by atoms with van der Waals surface area (Å²) in [4.78, 5) is 32.6. The molecule has 0 atom stereocenters. The summed E-state index contributed by atoms with van der Waals surface area (Å²) < 4.78 is 10.9. The van der Waals surface area contributed by atoms with Gasteiger partial charge in [-0.15, -0.1) is 0 Å². The van der Waals surface area contributed by atoms with Gasteiger partial charge in [0.25, 0.3) is 5.91 Å². The molecule has 0 radical (unpaired) electrons. The summed E-state index contributed by atoms with van der Waals surface area (Å²) in [6.07, 6.45) is 1.59. The molecule has 0 spiro atoms. The third kappa shape index (κ3) is 7.18. The summed E-state index contributed by atoms with van der Waals surface area (Å²) in [5.41, 5.74) is 1.40. The highest BCUT2D eigenvalue weighted by molar-refractivity contribution is 6.33. The maximum atomic E-state index is 13.6. The lowest BCUT2D eigenvalue weighted by molar-refractivity contribution is -0.133. The second kappa shape index (κ2) is 12.5. The Kier molecular flexibility index (Phi) is 8.95. The first-order chi connectivity index (χ1) is 17.1. The monoisotopic (exact) mass is 495 g/mol. The van der Waals surface area contributed by atoms with Crippen molar-refractivity contribution in [3.63, 3.8) is 0 Å². The van der Waals surface area contributed by atoms with Gasteiger partial charge in [0.05, 0.1) is 36.6 Å². The molecule has 1 fully saturated rings. The minimum absolute atomic E-state index is 0.0536. The van der Waals surface area contributed by atoms with E-state index >= 15 is 0 Å². The number of benzene rings is 2. The number of morpholine rings is 1. The maximum absolute atomic E-state index is 13.6. The molecule has 0 aliphatic carbocycles. The van der Waals surface area contributed by atoms with Gasteiger partial charge in [0.1, 0.15) is 12.3 Å². The Labute approximate surface area is 210 Å². The summed E-state index contributed by atoms with van der Waals surface area (Å²) in [6, 6.07) is 20.4. The summed E-state index contributed by atoms with van der Waals surface area (Å²) in [5, 5.41) is 0.373. The number of hydrogen-bond acceptors (Lipinski definition) is 5. The van der Waals surface area contributed by atoms with E-state index < -0.39 is 0 Å². The van der Waals surface area contributed by atoms with Crippen molar-refractivity contribution in [2.24, 2.45) is 0 Å². The normalized spacial score (nSPS) is 14.0. The minimum Gasteiger partial charge on any atom is -0.467 e. The molecule has 2 amide bonds. The average molecular weight is 496 g/mol. The van der Waals surface area contributed by atoms with Gasteiger partial charge in [-0.25, -0.2) is 0 Å². The Morgan fingerprint density at radius 2 is 1.63 bits per heavy atom. The zero-order chi connectivity index (χ0) is 24.5. The highest BCUT2D eigenvalue weighted by Crippen LogP contribution is 2.18. The highest BCUT2D eigenvalue weighted by Gasteiger charge is 2.25. The lowest BCUT2D eigenvalue weighted by Gasteiger charge is -2.31. The topological polar surface area (TPSA) is 66.2 Å². The molecule has 2 aromatic carbocycles. The van der Waals surface area contributed by atoms with Gasteiger partial charge in [0, 0.05) is 32.7 Å². The van der Waals surface area contributed by atoms with Crippen molar-refractivity contribution in [2.75, 3.05) is 45.9 Å². The molecule has 184 valence electrons. The van der Waals surface area contributed by atoms with Gasteiger partial charge in [0.2, 0.25) is 5.91 Å². The molecule has 4 rings (SSSR count). The molecule has 1 aliphatic heterocycles. The molecule has 1 aliphatic rings. The number of rotatable bonds is 10. The predicted molar refractivity (Wildman–Crippen MR) is 134 cm³/mol. The fourth-order valence-corrected chi connectivity index (χ4v) is 4.25. The summed E-state index contributed by atoms with van der Waals surface area (Å²) in [6.45, 7) is 4.70. The number of carbonyl (C=O) groups excluding carboxylic acids is 2. The van der Waals surface area contributed by atoms with Crippen molar-refractivity contribution in [3.05, 3.63) is 94.9 Å². The molecule has 0 saturated carbocycles. The highest BCUT2D eigenvalue weighted by atomic mass is 35.5. The number of nitrogens with zero attached hydrogens (tertiary/aromatic N) is 3. The van der Waals surface area contributed by atoms with Crippen molar-refractivity contribution >= 4 is 23.4 Å². The van der Waals surface area contributed by atoms with E-state index in [1.54, 1.807) is 46.4 Å². The quantitative estimate of drug-likeness (QED) is 0.426. The third-order valence-electron chi connectivity index (χ3n) is 6.00. The second-order valence-corrected chi connectivity index (χ2v) is 8.88. The van der Waals surface area contributed by atoms with Crippen LogP contribution in [0.3, 0.4) is 0 Å². The van der Waals surface area contributed by atoms with Crippen LogP contribution in [0.15, 0.2) is 77.4 Å². The van der Waals surface area contributed by atoms with E-state index in [1.165, 1.54) is 0 Å². The van der Waals surface area contributed by atoms with Gasteiger partial charge in [-0.05, 0) is 29.8 Å². The van der Waals surface area contributed by atoms with Gasteiger partial charge in [-0.1, -0.05) is 54.1 Å². The average Bonchev–Trinajstić information content (AvgIpc) is 3.40. The Bertz CT molecular complexity index is 1080. The molecule has 0 bridgehead atoms. The number of halogens is 1. The number of amides is 2. The summed E-state index contributed by atoms with van der Waals surface area (Å²) >= 11 is 6.33. The molecule has 0 N–H and O–H groups in total. The van der Waals surface area contributed by atoms with Crippen molar-refractivity contribution in [3.8, 4) is 0 Å². The molecule has 3 aromatic rings. The molecule has 0 unspecified atom stereocenters. The number of furan rings is 1. The summed E-state index contributed by atoms with van der Waals surface area (Å²) in [7, 11) is 0. The van der Waals surface area contributed by atoms with E-state index in [9.17, 15) is 9.59 Å². The van der Waals surface area contributed by atoms with Crippen LogP contribution in [0, 0.1) is 0 Å². The molecular weight excluding hydrogens is 466 g/mol. The van der Waals surface area contributed by atoms with Crippen LogP contribution < -0.4 is 0 Å². The van der Waals surface area contributed by atoms with Crippen LogP contribution in [-0.4, -0.2) is 72.5 Å². The van der Waals surface area contributed by atoms with Gasteiger partial charge < -0.3 is 19.0 Å². The number of ether oxygens (including phenoxy) is 1. The van der Waals surface area contributed by atoms with Crippen LogP contribution in [-0.2, 0) is 22.6 Å². The Hall–Kier alpha value is -3.13. The zero-order valence-corrected chi connectivity index (χ0v) is 20.4. The fourth-order valence-electron chi connectivity index (χ4n) is 4.03. The van der Waals surface area contributed by atoms with Crippen LogP contribution in [0.4, 0.5) is 0 Å². The SMILES string of the molecule is O=C(CN(CCN1CCOCC1)C(=O)c1ccccc1Cl)N(Cc1ccccc1)Cc1ccco1. The maximum Gasteiger partial charge on any atom is 0.255 e. The van der Waals surface area contributed by atoms with E-state index in [2.05, 4.69) is 4.90 Å². The molecule has 7 nitrogen and oxygen atoms in total. The Morgan fingerprint density at radius 3 is 2.34 bits per heavy atom. The van der Waals surface area contributed by atoms with Crippen LogP contribution in [0.5, 0.6) is 0 Å². The van der Waals surface area contributed by atoms with Gasteiger partial charge in [-0.3, -0.25) is 14.5 Å². The molecule has 8 heteroatoms. The van der Waals surface area contributed by atoms with E-state index in [-0.39, 0.29) is 18.4 Å². The molecule has 1 saturated heterocycles. The van der Waals surface area contributed by atoms with Crippen LogP contribution >= 0.6 is 11.6 Å². The fraction of sp³-hybridized carbons (Fsp3) is 0.333. The zero-order valence-electron chi connectivity index (χ0n) is 19.6. The molecular formula is C27H30ClN3O4. The number of carbonyl (C=O) groups is 2. The van der Waals surface area contributed by atoms with Gasteiger partial charge in [-0.2, -0.15) is 0 Å². The van der Waals surface area contributed by atoms with E-state index in [0.29, 0.717) is 55.7 Å². The Morgan fingerprint density at radius 1 is 0.886 bits per heavy atom. The number of hydrogen-bond donors (Lipinski definition) is 0. The van der Waals surface area contributed by atoms with E-state index in [0.717, 1.165) is 18.7 Å². The standard InChI is InChI=1S/C27H30ClN3O4/c28-25-11-5-4-10-24(25)27(33)30(13-12-29-14-17-34-18-15-29)21-26(32)31(20-23-9-6-16-35-23)19-22-7-2-1-3-8-22/h1-11,16H,12-15,17-21H2. The van der Waals surface area contributed by atoms with Crippen molar-refractivity contribution in [1.82, 2.24) is 14.7 Å². The van der Waals surface area contributed by atoms with Crippen LogP contribution in [0.25, 0.3) is 0 Å². The van der Waals surface area contributed by atoms with Gasteiger partial charge >= 0.3 is 0 Å². The minimum atomic E-state index is -0.255. The second-order valence-electron chi connectivity index (χ2n) is 8.48. The van der Waals surface area contributed by atoms with E-state index in [4.69, 9.17) is 20.8 Å².